The first-order chi connectivity index (χ1) is 29.2. The molecule has 0 aliphatic heterocycles. The van der Waals surface area contributed by atoms with Gasteiger partial charge in [0, 0.05) is 19.3 Å². The fourth-order valence-corrected chi connectivity index (χ4v) is 8.02. The molecule has 0 amide bonds. The monoisotopic (exact) mass is 849 g/mol. The average Bonchev–Trinajstić information content (AvgIpc) is 3.25. The molecule has 6 heteroatoms. The van der Waals surface area contributed by atoms with Crippen LogP contribution in [-0.2, 0) is 28.6 Å². The minimum atomic E-state index is -0.763. The van der Waals surface area contributed by atoms with Gasteiger partial charge in [-0.05, 0) is 37.0 Å². The summed E-state index contributed by atoms with van der Waals surface area (Å²) in [6, 6.07) is 0. The van der Waals surface area contributed by atoms with Crippen molar-refractivity contribution in [3.05, 3.63) is 0 Å². The maximum absolute atomic E-state index is 12.8. The highest BCUT2D eigenvalue weighted by molar-refractivity contribution is 5.71. The van der Waals surface area contributed by atoms with Crippen molar-refractivity contribution in [2.24, 2.45) is 17.8 Å². The quantitative estimate of drug-likeness (QED) is 0.0345. The molecular weight excluding hydrogens is 745 g/mol. The number of carbonyl (C=O) groups is 3. The minimum absolute atomic E-state index is 0.0650. The molecule has 6 nitrogen and oxygen atoms in total. The van der Waals surface area contributed by atoms with Crippen molar-refractivity contribution in [3.8, 4) is 0 Å². The Morgan fingerprint density at radius 1 is 0.317 bits per heavy atom. The van der Waals surface area contributed by atoms with E-state index >= 15 is 0 Å². The van der Waals surface area contributed by atoms with Gasteiger partial charge in [-0.25, -0.2) is 0 Å². The average molecular weight is 849 g/mol. The molecule has 0 rings (SSSR count). The van der Waals surface area contributed by atoms with Crippen LogP contribution in [0, 0.1) is 17.8 Å². The van der Waals surface area contributed by atoms with Crippen molar-refractivity contribution in [2.45, 2.75) is 298 Å². The number of esters is 3. The van der Waals surface area contributed by atoms with Crippen molar-refractivity contribution < 1.29 is 28.6 Å². The zero-order chi connectivity index (χ0) is 44.2. The Morgan fingerprint density at radius 3 is 0.783 bits per heavy atom. The van der Waals surface area contributed by atoms with Gasteiger partial charge in [0.05, 0.1) is 0 Å². The van der Waals surface area contributed by atoms with E-state index in [9.17, 15) is 14.4 Å². The van der Waals surface area contributed by atoms with E-state index in [2.05, 4.69) is 41.5 Å². The zero-order valence-electron chi connectivity index (χ0n) is 41.3. The maximum atomic E-state index is 12.8. The third kappa shape index (κ3) is 43.1. The van der Waals surface area contributed by atoms with E-state index in [1.54, 1.807) is 0 Å². The molecule has 0 N–H and O–H groups in total. The third-order valence-electron chi connectivity index (χ3n) is 13.2. The van der Waals surface area contributed by atoms with Crippen LogP contribution >= 0.6 is 0 Å². The highest BCUT2D eigenvalue weighted by Crippen LogP contribution is 2.19. The number of carbonyl (C=O) groups excluding carboxylic acids is 3. The molecule has 60 heavy (non-hydrogen) atoms. The molecule has 4 atom stereocenters. The Hall–Kier alpha value is -1.59. The van der Waals surface area contributed by atoms with E-state index in [1.165, 1.54) is 173 Å². The van der Waals surface area contributed by atoms with Gasteiger partial charge in [0.25, 0.3) is 0 Å². The second kappa shape index (κ2) is 45.4. The molecule has 0 radical (unpaired) electrons. The first kappa shape index (κ1) is 58.4. The van der Waals surface area contributed by atoms with Crippen molar-refractivity contribution in [3.63, 3.8) is 0 Å². The summed E-state index contributed by atoms with van der Waals surface area (Å²) in [6.45, 7) is 13.8. The van der Waals surface area contributed by atoms with Crippen LogP contribution in [0.4, 0.5) is 0 Å². The number of unbranched alkanes of at least 4 members (excludes halogenated alkanes) is 27. The minimum Gasteiger partial charge on any atom is -0.462 e. The summed E-state index contributed by atoms with van der Waals surface area (Å²) in [6.07, 6.45) is 45.0. The Bertz CT molecular complexity index is 935. The number of hydrogen-bond donors (Lipinski definition) is 0. The molecule has 0 aromatic heterocycles. The first-order valence-corrected chi connectivity index (χ1v) is 26.7. The fraction of sp³-hybridized carbons (Fsp3) is 0.944. The summed E-state index contributed by atoms with van der Waals surface area (Å²) in [5.74, 6) is 1.73. The summed E-state index contributed by atoms with van der Waals surface area (Å²) in [5, 5.41) is 0. The van der Waals surface area contributed by atoms with Crippen LogP contribution in [0.2, 0.25) is 0 Å². The van der Waals surface area contributed by atoms with Gasteiger partial charge >= 0.3 is 17.9 Å². The largest absolute Gasteiger partial charge is 0.462 e. The predicted octanol–water partition coefficient (Wildman–Crippen LogP) is 17.2. The Morgan fingerprint density at radius 2 is 0.533 bits per heavy atom. The molecule has 3 unspecified atom stereocenters. The Kier molecular flexibility index (Phi) is 44.2. The van der Waals surface area contributed by atoms with Crippen molar-refractivity contribution in [1.82, 2.24) is 0 Å². The van der Waals surface area contributed by atoms with Gasteiger partial charge in [0.15, 0.2) is 6.10 Å². The van der Waals surface area contributed by atoms with Gasteiger partial charge < -0.3 is 14.2 Å². The van der Waals surface area contributed by atoms with E-state index in [-0.39, 0.29) is 31.1 Å². The van der Waals surface area contributed by atoms with Gasteiger partial charge in [0.2, 0.25) is 0 Å². The van der Waals surface area contributed by atoms with E-state index < -0.39 is 6.10 Å². The lowest BCUT2D eigenvalue weighted by atomic mass is 9.99. The van der Waals surface area contributed by atoms with Crippen LogP contribution in [0.15, 0.2) is 0 Å². The smallest absolute Gasteiger partial charge is 0.306 e. The molecule has 0 bridgehead atoms. The van der Waals surface area contributed by atoms with Gasteiger partial charge in [0.1, 0.15) is 13.2 Å². The normalized spacial score (nSPS) is 13.5. The number of hydrogen-bond acceptors (Lipinski definition) is 6. The van der Waals surface area contributed by atoms with Crippen LogP contribution in [0.5, 0.6) is 0 Å². The molecule has 0 spiro atoms. The molecular formula is C54H104O6. The van der Waals surface area contributed by atoms with E-state index in [0.717, 1.165) is 75.5 Å². The van der Waals surface area contributed by atoms with Crippen LogP contribution < -0.4 is 0 Å². The third-order valence-corrected chi connectivity index (χ3v) is 13.2. The fourth-order valence-electron chi connectivity index (χ4n) is 8.02. The number of rotatable bonds is 47. The van der Waals surface area contributed by atoms with Crippen LogP contribution in [0.1, 0.15) is 292 Å². The van der Waals surface area contributed by atoms with E-state index in [0.29, 0.717) is 19.3 Å². The molecule has 0 aliphatic carbocycles. The van der Waals surface area contributed by atoms with Crippen LogP contribution in [0.25, 0.3) is 0 Å². The summed E-state index contributed by atoms with van der Waals surface area (Å²) in [5.41, 5.74) is 0. The summed E-state index contributed by atoms with van der Waals surface area (Å²) >= 11 is 0. The van der Waals surface area contributed by atoms with Crippen LogP contribution in [-0.4, -0.2) is 37.2 Å². The molecule has 356 valence electrons. The molecule has 0 aromatic carbocycles. The predicted molar refractivity (Wildman–Crippen MR) is 256 cm³/mol. The summed E-state index contributed by atoms with van der Waals surface area (Å²) in [7, 11) is 0. The Balaban J connectivity index is 4.30. The second-order valence-corrected chi connectivity index (χ2v) is 19.2. The molecule has 0 saturated heterocycles. The van der Waals surface area contributed by atoms with E-state index in [1.807, 2.05) is 0 Å². The second-order valence-electron chi connectivity index (χ2n) is 19.2. The summed E-state index contributed by atoms with van der Waals surface area (Å²) in [4.78, 5) is 38.0. The number of ether oxygens (including phenoxy) is 3. The molecule has 0 saturated carbocycles. The topological polar surface area (TPSA) is 78.9 Å². The lowest BCUT2D eigenvalue weighted by Gasteiger charge is -2.18. The lowest BCUT2D eigenvalue weighted by Crippen LogP contribution is -2.30. The van der Waals surface area contributed by atoms with Gasteiger partial charge in [-0.15, -0.1) is 0 Å². The van der Waals surface area contributed by atoms with Crippen LogP contribution in [0.3, 0.4) is 0 Å². The SMILES string of the molecule is CCC(C)CCCCCCCCCCCCCCCCC(=O)OC[C@H](COC(=O)CCCCCCCCCCC(C)CC)OC(=O)CCCCCCCCCCC(C)CC. The standard InChI is InChI=1S/C54H104O6/c1-7-48(4)40-34-28-22-16-14-12-10-11-13-15-17-25-31-37-43-52(55)58-46-51(60-54(57)45-39-33-27-21-19-24-30-36-42-50(6)9-3)47-59-53(56)44-38-32-26-20-18-23-29-35-41-49(5)8-2/h48-51H,7-47H2,1-6H3/t48?,49?,50?,51-/m1/s1. The molecule has 0 aliphatic rings. The van der Waals surface area contributed by atoms with E-state index in [4.69, 9.17) is 14.2 Å². The lowest BCUT2D eigenvalue weighted by molar-refractivity contribution is -0.167. The Labute approximate surface area is 374 Å². The maximum Gasteiger partial charge on any atom is 0.306 e. The van der Waals surface area contributed by atoms with Crippen molar-refractivity contribution >= 4 is 17.9 Å². The van der Waals surface area contributed by atoms with Crippen molar-refractivity contribution in [1.29, 1.82) is 0 Å². The molecule has 0 fully saturated rings. The first-order valence-electron chi connectivity index (χ1n) is 26.7. The van der Waals surface area contributed by atoms with Gasteiger partial charge in [-0.2, -0.15) is 0 Å². The van der Waals surface area contributed by atoms with Gasteiger partial charge in [-0.1, -0.05) is 253 Å². The highest BCUT2D eigenvalue weighted by atomic mass is 16.6. The molecule has 0 aromatic rings. The summed E-state index contributed by atoms with van der Waals surface area (Å²) < 4.78 is 16.8. The zero-order valence-corrected chi connectivity index (χ0v) is 41.3. The van der Waals surface area contributed by atoms with Crippen molar-refractivity contribution in [2.75, 3.05) is 13.2 Å². The molecule has 0 heterocycles. The van der Waals surface area contributed by atoms with Gasteiger partial charge in [-0.3, -0.25) is 14.4 Å². The highest BCUT2D eigenvalue weighted by Gasteiger charge is 2.19.